The van der Waals surface area contributed by atoms with Crippen LogP contribution in [-0.4, -0.2) is 9.97 Å². The van der Waals surface area contributed by atoms with Crippen molar-refractivity contribution in [3.05, 3.63) is 169 Å². The molecule has 2 heteroatoms. The smallest absolute Gasteiger partial charge is 0.160 e. The van der Waals surface area contributed by atoms with Crippen LogP contribution in [0, 0.1) is 0 Å². The van der Waals surface area contributed by atoms with Gasteiger partial charge >= 0.3 is 0 Å². The minimum absolute atomic E-state index is 0.0747. The van der Waals surface area contributed by atoms with E-state index in [-0.39, 0.29) is 5.41 Å². The number of benzene rings is 7. The first-order chi connectivity index (χ1) is 23.0. The molecule has 0 saturated carbocycles. The van der Waals surface area contributed by atoms with Crippen molar-refractivity contribution < 1.29 is 0 Å². The highest BCUT2D eigenvalue weighted by molar-refractivity contribution is 6.00. The van der Waals surface area contributed by atoms with Crippen LogP contribution in [0.4, 0.5) is 0 Å². The highest BCUT2D eigenvalue weighted by Crippen LogP contribution is 2.53. The Morgan fingerprint density at radius 3 is 1.74 bits per heavy atom. The Bertz CT molecular complexity index is 2420. The van der Waals surface area contributed by atoms with Gasteiger partial charge in [0.1, 0.15) is 0 Å². The number of nitrogens with zero attached hydrogens (tertiary/aromatic N) is 2. The predicted octanol–water partition coefficient (Wildman–Crippen LogP) is 11.8. The second-order valence-corrected chi connectivity index (χ2v) is 13.1. The van der Waals surface area contributed by atoms with E-state index in [0.29, 0.717) is 0 Å². The first-order valence-electron chi connectivity index (χ1n) is 16.2. The number of fused-ring (bicyclic) bond motifs is 5. The van der Waals surface area contributed by atoms with Crippen LogP contribution in [0.5, 0.6) is 0 Å². The molecule has 0 saturated heterocycles. The molecular weight excluding hydrogens is 569 g/mol. The molecule has 0 fully saturated rings. The molecule has 0 amide bonds. The van der Waals surface area contributed by atoms with Gasteiger partial charge in [0, 0.05) is 22.1 Å². The molecule has 1 aliphatic carbocycles. The van der Waals surface area contributed by atoms with E-state index in [1.165, 1.54) is 54.9 Å². The van der Waals surface area contributed by atoms with Crippen molar-refractivity contribution in [2.24, 2.45) is 0 Å². The fraction of sp³-hybridized carbons (Fsp3) is 0.0667. The molecule has 0 spiro atoms. The summed E-state index contributed by atoms with van der Waals surface area (Å²) in [6, 6.07) is 56.6. The molecule has 0 atom stereocenters. The molecule has 9 rings (SSSR count). The van der Waals surface area contributed by atoms with Crippen LogP contribution in [0.25, 0.3) is 77.7 Å². The minimum atomic E-state index is -0.0747. The van der Waals surface area contributed by atoms with E-state index in [9.17, 15) is 0 Å². The van der Waals surface area contributed by atoms with E-state index < -0.39 is 0 Å². The highest BCUT2D eigenvalue weighted by Gasteiger charge is 2.37. The van der Waals surface area contributed by atoms with Crippen LogP contribution in [-0.2, 0) is 5.41 Å². The summed E-state index contributed by atoms with van der Waals surface area (Å²) < 4.78 is 0. The van der Waals surface area contributed by atoms with Gasteiger partial charge in [-0.25, -0.2) is 9.97 Å². The molecule has 2 nitrogen and oxygen atoms in total. The van der Waals surface area contributed by atoms with E-state index in [4.69, 9.17) is 9.97 Å². The highest BCUT2D eigenvalue weighted by atomic mass is 14.9. The standard InChI is InChI=1S/C45H32N2/c1-45(2)39-19-11-18-37(43(39)38-26-32-16-9-10-17-33(32)27-40(38)45)34-22-20-29-21-23-35(25-36(29)24-34)42-28-41(30-12-5-3-6-13-30)46-44(47-42)31-14-7-4-8-15-31/h3-28H,1-2H3. The largest absolute Gasteiger partial charge is 0.228 e. The van der Waals surface area contributed by atoms with Crippen LogP contribution in [0.3, 0.4) is 0 Å². The van der Waals surface area contributed by atoms with Crippen molar-refractivity contribution in [3.63, 3.8) is 0 Å². The third kappa shape index (κ3) is 4.56. The lowest BCUT2D eigenvalue weighted by atomic mass is 9.81. The van der Waals surface area contributed by atoms with E-state index in [1.54, 1.807) is 0 Å². The van der Waals surface area contributed by atoms with Gasteiger partial charge in [-0.15, -0.1) is 0 Å². The van der Waals surface area contributed by atoms with Crippen LogP contribution in [0.15, 0.2) is 158 Å². The summed E-state index contributed by atoms with van der Waals surface area (Å²) in [7, 11) is 0. The topological polar surface area (TPSA) is 25.8 Å². The molecule has 0 bridgehead atoms. The number of hydrogen-bond donors (Lipinski definition) is 0. The number of rotatable bonds is 4. The van der Waals surface area contributed by atoms with Crippen molar-refractivity contribution >= 4 is 21.5 Å². The van der Waals surface area contributed by atoms with Gasteiger partial charge in [-0.3, -0.25) is 0 Å². The molecule has 1 aliphatic rings. The predicted molar refractivity (Wildman–Crippen MR) is 196 cm³/mol. The second-order valence-electron chi connectivity index (χ2n) is 13.1. The lowest BCUT2D eigenvalue weighted by Gasteiger charge is -2.22. The Morgan fingerprint density at radius 1 is 0.383 bits per heavy atom. The van der Waals surface area contributed by atoms with Crippen molar-refractivity contribution in [1.29, 1.82) is 0 Å². The third-order valence-electron chi connectivity index (χ3n) is 9.84. The van der Waals surface area contributed by atoms with Crippen LogP contribution >= 0.6 is 0 Å². The minimum Gasteiger partial charge on any atom is -0.228 e. The molecule has 8 aromatic rings. The van der Waals surface area contributed by atoms with Crippen LogP contribution in [0.2, 0.25) is 0 Å². The summed E-state index contributed by atoms with van der Waals surface area (Å²) in [5.74, 6) is 0.726. The average molecular weight is 601 g/mol. The van der Waals surface area contributed by atoms with Gasteiger partial charge in [0.2, 0.25) is 0 Å². The summed E-state index contributed by atoms with van der Waals surface area (Å²) in [5, 5.41) is 4.97. The molecule has 0 radical (unpaired) electrons. The zero-order valence-electron chi connectivity index (χ0n) is 26.4. The average Bonchev–Trinajstić information content (AvgIpc) is 3.36. The Labute approximate surface area is 275 Å². The monoisotopic (exact) mass is 600 g/mol. The number of aromatic nitrogens is 2. The first-order valence-corrected chi connectivity index (χ1v) is 16.2. The van der Waals surface area contributed by atoms with E-state index in [0.717, 1.165) is 33.9 Å². The zero-order valence-corrected chi connectivity index (χ0v) is 26.4. The Kier molecular flexibility index (Phi) is 6.20. The summed E-state index contributed by atoms with van der Waals surface area (Å²) >= 11 is 0. The molecule has 0 aliphatic heterocycles. The van der Waals surface area contributed by atoms with Gasteiger partial charge in [-0.05, 0) is 85.3 Å². The van der Waals surface area contributed by atoms with Gasteiger partial charge in [-0.2, -0.15) is 0 Å². The Hall–Kier alpha value is -5.86. The molecule has 0 N–H and O–H groups in total. The van der Waals surface area contributed by atoms with Crippen LogP contribution < -0.4 is 0 Å². The summed E-state index contributed by atoms with van der Waals surface area (Å²) in [4.78, 5) is 10.1. The Balaban J connectivity index is 1.20. The SMILES string of the molecule is CC1(C)c2cc3ccccc3cc2-c2c(-c3ccc4ccc(-c5cc(-c6ccccc6)nc(-c6ccccc6)n5)cc4c3)cccc21. The second kappa shape index (κ2) is 10.6. The van der Waals surface area contributed by atoms with Crippen molar-refractivity contribution in [1.82, 2.24) is 9.97 Å². The number of hydrogen-bond acceptors (Lipinski definition) is 2. The fourth-order valence-electron chi connectivity index (χ4n) is 7.36. The maximum Gasteiger partial charge on any atom is 0.160 e. The van der Waals surface area contributed by atoms with Crippen molar-refractivity contribution in [3.8, 4) is 56.2 Å². The summed E-state index contributed by atoms with van der Waals surface area (Å²) in [5.41, 5.74) is 12.9. The van der Waals surface area contributed by atoms with Gasteiger partial charge in [0.25, 0.3) is 0 Å². The molecular formula is C45H32N2. The van der Waals surface area contributed by atoms with E-state index >= 15 is 0 Å². The zero-order chi connectivity index (χ0) is 31.5. The van der Waals surface area contributed by atoms with Crippen molar-refractivity contribution in [2.45, 2.75) is 19.3 Å². The van der Waals surface area contributed by atoms with Crippen LogP contribution in [0.1, 0.15) is 25.0 Å². The van der Waals surface area contributed by atoms with Gasteiger partial charge in [0.05, 0.1) is 11.4 Å². The lowest BCUT2D eigenvalue weighted by molar-refractivity contribution is 0.661. The third-order valence-corrected chi connectivity index (χ3v) is 9.84. The quantitative estimate of drug-likeness (QED) is 0.201. The maximum atomic E-state index is 5.09. The molecule has 222 valence electrons. The molecule has 1 heterocycles. The molecule has 47 heavy (non-hydrogen) atoms. The van der Waals surface area contributed by atoms with E-state index in [2.05, 4.69) is 147 Å². The summed E-state index contributed by atoms with van der Waals surface area (Å²) in [6.45, 7) is 4.72. The van der Waals surface area contributed by atoms with Crippen molar-refractivity contribution in [2.75, 3.05) is 0 Å². The normalized spacial score (nSPS) is 13.1. The summed E-state index contributed by atoms with van der Waals surface area (Å²) in [6.07, 6.45) is 0. The molecule has 0 unspecified atom stereocenters. The van der Waals surface area contributed by atoms with Gasteiger partial charge < -0.3 is 0 Å². The fourth-order valence-corrected chi connectivity index (χ4v) is 7.36. The lowest BCUT2D eigenvalue weighted by Crippen LogP contribution is -2.14. The van der Waals surface area contributed by atoms with Gasteiger partial charge in [-0.1, -0.05) is 141 Å². The first kappa shape index (κ1) is 27.5. The molecule has 1 aromatic heterocycles. The van der Waals surface area contributed by atoms with Gasteiger partial charge in [0.15, 0.2) is 5.82 Å². The van der Waals surface area contributed by atoms with E-state index in [1.807, 2.05) is 24.3 Å². The maximum absolute atomic E-state index is 5.09. The Morgan fingerprint density at radius 2 is 1.00 bits per heavy atom. The molecule has 7 aromatic carbocycles.